The molecule has 1 unspecified atom stereocenters. The molecule has 1 aliphatic carbocycles. The molecule has 0 bridgehead atoms. The predicted octanol–water partition coefficient (Wildman–Crippen LogP) is 4.92. The van der Waals surface area contributed by atoms with Crippen molar-refractivity contribution in [3.8, 4) is 0 Å². The van der Waals surface area contributed by atoms with Gasteiger partial charge in [-0.3, -0.25) is 4.98 Å². The third kappa shape index (κ3) is 2.75. The molecule has 1 N–H and O–H groups in total. The second-order valence-electron chi connectivity index (χ2n) is 6.24. The summed E-state index contributed by atoms with van der Waals surface area (Å²) in [6.45, 7) is 5.75. The molecule has 3 heteroatoms. The van der Waals surface area contributed by atoms with Gasteiger partial charge in [0.05, 0.1) is 10.2 Å². The van der Waals surface area contributed by atoms with Crippen LogP contribution in [0, 0.1) is 5.41 Å². The third-order valence-electron chi connectivity index (χ3n) is 5.02. The van der Waals surface area contributed by atoms with E-state index in [0.717, 1.165) is 12.1 Å². The molecular formula is C17H24N2S. The Kier molecular flexibility index (Phi) is 4.08. The van der Waals surface area contributed by atoms with Crippen LogP contribution in [0.3, 0.4) is 0 Å². The smallest absolute Gasteiger partial charge is 0.0809 e. The van der Waals surface area contributed by atoms with E-state index in [0.29, 0.717) is 11.5 Å². The molecule has 0 amide bonds. The van der Waals surface area contributed by atoms with Crippen molar-refractivity contribution in [3.63, 3.8) is 0 Å². The van der Waals surface area contributed by atoms with Crippen LogP contribution in [0.15, 0.2) is 23.7 Å². The molecule has 2 aromatic heterocycles. The van der Waals surface area contributed by atoms with Gasteiger partial charge in [-0.25, -0.2) is 0 Å². The van der Waals surface area contributed by atoms with Crippen molar-refractivity contribution in [1.29, 1.82) is 0 Å². The lowest BCUT2D eigenvalue weighted by Crippen LogP contribution is -2.33. The summed E-state index contributed by atoms with van der Waals surface area (Å²) in [6.07, 6.45) is 8.94. The number of fused-ring (bicyclic) bond motifs is 1. The molecule has 1 atom stereocenters. The van der Waals surface area contributed by atoms with Crippen LogP contribution in [0.25, 0.3) is 10.2 Å². The van der Waals surface area contributed by atoms with Crippen LogP contribution in [-0.2, 0) is 0 Å². The van der Waals surface area contributed by atoms with Crippen molar-refractivity contribution in [1.82, 2.24) is 10.3 Å². The van der Waals surface area contributed by atoms with Gasteiger partial charge in [0.1, 0.15) is 0 Å². The second-order valence-corrected chi connectivity index (χ2v) is 7.18. The van der Waals surface area contributed by atoms with E-state index in [4.69, 9.17) is 0 Å². The van der Waals surface area contributed by atoms with E-state index < -0.39 is 0 Å². The quantitative estimate of drug-likeness (QED) is 0.845. The highest BCUT2D eigenvalue weighted by Crippen LogP contribution is 2.40. The van der Waals surface area contributed by atoms with E-state index in [1.54, 1.807) is 11.3 Å². The Labute approximate surface area is 125 Å². The summed E-state index contributed by atoms with van der Waals surface area (Å²) in [6, 6.07) is 4.77. The normalized spacial score (nSPS) is 19.5. The molecule has 3 rings (SSSR count). The maximum absolute atomic E-state index is 4.55. The second kappa shape index (κ2) is 5.82. The van der Waals surface area contributed by atoms with Crippen molar-refractivity contribution >= 4 is 21.6 Å². The van der Waals surface area contributed by atoms with Crippen LogP contribution in [0.2, 0.25) is 0 Å². The molecule has 0 aromatic carbocycles. The van der Waals surface area contributed by atoms with E-state index in [-0.39, 0.29) is 0 Å². The number of hydrogen-bond acceptors (Lipinski definition) is 3. The molecule has 2 heterocycles. The zero-order chi connectivity index (χ0) is 14.0. The van der Waals surface area contributed by atoms with Crippen LogP contribution in [0.1, 0.15) is 57.6 Å². The number of hydrogen-bond donors (Lipinski definition) is 1. The van der Waals surface area contributed by atoms with Crippen LogP contribution in [-0.4, -0.2) is 11.5 Å². The summed E-state index contributed by atoms with van der Waals surface area (Å²) in [7, 11) is 0. The summed E-state index contributed by atoms with van der Waals surface area (Å²) in [4.78, 5) is 4.55. The topological polar surface area (TPSA) is 24.9 Å². The first-order valence-corrected chi connectivity index (χ1v) is 8.67. The monoisotopic (exact) mass is 288 g/mol. The lowest BCUT2D eigenvalue weighted by atomic mass is 9.83. The van der Waals surface area contributed by atoms with Crippen molar-refractivity contribution in [2.75, 3.05) is 6.54 Å². The van der Waals surface area contributed by atoms with Gasteiger partial charge in [0, 0.05) is 18.8 Å². The van der Waals surface area contributed by atoms with Crippen LogP contribution >= 0.6 is 11.3 Å². The van der Waals surface area contributed by atoms with Gasteiger partial charge in [-0.05, 0) is 54.7 Å². The number of pyridine rings is 1. The molecule has 0 saturated heterocycles. The van der Waals surface area contributed by atoms with Crippen molar-refractivity contribution in [3.05, 3.63) is 29.3 Å². The van der Waals surface area contributed by atoms with Crippen molar-refractivity contribution in [2.24, 2.45) is 5.41 Å². The van der Waals surface area contributed by atoms with Gasteiger partial charge in [0.25, 0.3) is 0 Å². The molecule has 1 aliphatic rings. The van der Waals surface area contributed by atoms with E-state index in [1.165, 1.54) is 42.4 Å². The SMILES string of the molecule is CCC1(CNC(C)c2cnc3ccsc3c2)CCCC1. The standard InChI is InChI=1S/C17H24N2S/c1-3-17(7-4-5-8-17)12-19-13(2)14-10-16-15(18-11-14)6-9-20-16/h6,9-11,13,19H,3-5,7-8,12H2,1-2H3. The zero-order valence-corrected chi connectivity index (χ0v) is 13.3. The van der Waals surface area contributed by atoms with Gasteiger partial charge in [0.2, 0.25) is 0 Å². The Hall–Kier alpha value is -0.930. The van der Waals surface area contributed by atoms with Gasteiger partial charge in [0.15, 0.2) is 0 Å². The molecule has 0 radical (unpaired) electrons. The molecular weight excluding hydrogens is 264 g/mol. The van der Waals surface area contributed by atoms with E-state index >= 15 is 0 Å². The fourth-order valence-electron chi connectivity index (χ4n) is 3.37. The Bertz CT molecular complexity index is 569. The summed E-state index contributed by atoms with van der Waals surface area (Å²) in [5.41, 5.74) is 2.98. The largest absolute Gasteiger partial charge is 0.310 e. The Morgan fingerprint density at radius 1 is 1.40 bits per heavy atom. The Morgan fingerprint density at radius 2 is 2.20 bits per heavy atom. The molecule has 2 nitrogen and oxygen atoms in total. The molecule has 20 heavy (non-hydrogen) atoms. The molecule has 0 aliphatic heterocycles. The first kappa shape index (κ1) is 14.0. The first-order chi connectivity index (χ1) is 9.72. The highest BCUT2D eigenvalue weighted by molar-refractivity contribution is 7.17. The summed E-state index contributed by atoms with van der Waals surface area (Å²) in [5.74, 6) is 0. The van der Waals surface area contributed by atoms with Crippen LogP contribution in [0.5, 0.6) is 0 Å². The van der Waals surface area contributed by atoms with E-state index in [1.807, 2.05) is 6.20 Å². The average Bonchev–Trinajstić information content (AvgIpc) is 3.13. The number of aromatic nitrogens is 1. The van der Waals surface area contributed by atoms with Crippen molar-refractivity contribution in [2.45, 2.75) is 52.0 Å². The predicted molar refractivity (Wildman–Crippen MR) is 87.2 cm³/mol. The molecule has 1 fully saturated rings. The molecule has 1 saturated carbocycles. The Balaban J connectivity index is 1.67. The molecule has 0 spiro atoms. The first-order valence-electron chi connectivity index (χ1n) is 7.79. The summed E-state index contributed by atoms with van der Waals surface area (Å²) < 4.78 is 1.29. The van der Waals surface area contributed by atoms with Gasteiger partial charge in [-0.15, -0.1) is 11.3 Å². The third-order valence-corrected chi connectivity index (χ3v) is 5.87. The summed E-state index contributed by atoms with van der Waals surface area (Å²) >= 11 is 1.78. The minimum atomic E-state index is 0.387. The lowest BCUT2D eigenvalue weighted by molar-refractivity contribution is 0.259. The summed E-state index contributed by atoms with van der Waals surface area (Å²) in [5, 5.41) is 5.87. The van der Waals surface area contributed by atoms with E-state index in [9.17, 15) is 0 Å². The number of rotatable bonds is 5. The van der Waals surface area contributed by atoms with Crippen LogP contribution < -0.4 is 5.32 Å². The number of thiophene rings is 1. The van der Waals surface area contributed by atoms with E-state index in [2.05, 4.69) is 41.7 Å². The van der Waals surface area contributed by atoms with Gasteiger partial charge in [-0.2, -0.15) is 0 Å². The fraction of sp³-hybridized carbons (Fsp3) is 0.588. The number of nitrogens with one attached hydrogen (secondary N) is 1. The minimum Gasteiger partial charge on any atom is -0.310 e. The van der Waals surface area contributed by atoms with Gasteiger partial charge >= 0.3 is 0 Å². The zero-order valence-electron chi connectivity index (χ0n) is 12.5. The number of nitrogens with zero attached hydrogens (tertiary/aromatic N) is 1. The van der Waals surface area contributed by atoms with Crippen molar-refractivity contribution < 1.29 is 0 Å². The minimum absolute atomic E-state index is 0.387. The maximum atomic E-state index is 4.55. The fourth-order valence-corrected chi connectivity index (χ4v) is 4.16. The van der Waals surface area contributed by atoms with Gasteiger partial charge in [-0.1, -0.05) is 19.8 Å². The average molecular weight is 288 g/mol. The maximum Gasteiger partial charge on any atom is 0.0809 e. The molecule has 108 valence electrons. The van der Waals surface area contributed by atoms with Gasteiger partial charge < -0.3 is 5.32 Å². The lowest BCUT2D eigenvalue weighted by Gasteiger charge is -2.29. The highest BCUT2D eigenvalue weighted by Gasteiger charge is 2.31. The molecule has 2 aromatic rings. The highest BCUT2D eigenvalue weighted by atomic mass is 32.1. The van der Waals surface area contributed by atoms with Crippen LogP contribution in [0.4, 0.5) is 0 Å². The Morgan fingerprint density at radius 3 is 2.95 bits per heavy atom.